The summed E-state index contributed by atoms with van der Waals surface area (Å²) < 4.78 is 0. The summed E-state index contributed by atoms with van der Waals surface area (Å²) in [7, 11) is 0. The summed E-state index contributed by atoms with van der Waals surface area (Å²) in [5.74, 6) is -0.116. The minimum atomic E-state index is -0.116. The Kier molecular flexibility index (Phi) is 12.6. The summed E-state index contributed by atoms with van der Waals surface area (Å²) in [6, 6.07) is 0. The first-order chi connectivity index (χ1) is 6.74. The van der Waals surface area contributed by atoms with Crippen LogP contribution in [0.3, 0.4) is 0 Å². The van der Waals surface area contributed by atoms with Crippen molar-refractivity contribution in [1.29, 1.82) is 0 Å². The van der Waals surface area contributed by atoms with Crippen LogP contribution in [0.5, 0.6) is 0 Å². The van der Waals surface area contributed by atoms with Crippen LogP contribution in [0.25, 0.3) is 0 Å². The molecule has 0 heterocycles. The highest BCUT2D eigenvalue weighted by Crippen LogP contribution is 1.99. The van der Waals surface area contributed by atoms with Crippen LogP contribution < -0.4 is 11.1 Å². The van der Waals surface area contributed by atoms with Crippen molar-refractivity contribution in [2.75, 3.05) is 13.1 Å². The van der Waals surface area contributed by atoms with Gasteiger partial charge in [0.25, 0.3) is 0 Å². The van der Waals surface area contributed by atoms with Gasteiger partial charge in [-0.3, -0.25) is 4.79 Å². The lowest BCUT2D eigenvalue weighted by atomic mass is 10.2. The van der Waals surface area contributed by atoms with Crippen molar-refractivity contribution in [3.63, 3.8) is 0 Å². The monoisotopic (exact) mass is 196 g/mol. The van der Waals surface area contributed by atoms with Crippen LogP contribution in [0.4, 0.5) is 0 Å². The van der Waals surface area contributed by atoms with E-state index in [0.29, 0.717) is 6.54 Å². The van der Waals surface area contributed by atoms with Gasteiger partial charge in [0.15, 0.2) is 0 Å². The predicted molar refractivity (Wildman–Crippen MR) is 61.9 cm³/mol. The molecule has 0 aliphatic heterocycles. The van der Waals surface area contributed by atoms with Gasteiger partial charge < -0.3 is 11.1 Å². The molecule has 0 aromatic carbocycles. The molecule has 0 aliphatic carbocycles. The lowest BCUT2D eigenvalue weighted by Crippen LogP contribution is -2.31. The molecule has 3 N–H and O–H groups in total. The first kappa shape index (κ1) is 15.1. The van der Waals surface area contributed by atoms with Crippen LogP contribution in [-0.2, 0) is 4.79 Å². The summed E-state index contributed by atoms with van der Waals surface area (Å²) in [5.41, 5.74) is 6.24. The predicted octanol–water partition coefficient (Wildman–Crippen LogP) is 1.39. The molecule has 1 amide bonds. The van der Waals surface area contributed by atoms with Crippen molar-refractivity contribution in [2.45, 2.75) is 13.3 Å². The van der Waals surface area contributed by atoms with E-state index in [2.05, 4.69) is 25.1 Å². The Morgan fingerprint density at radius 1 is 1.50 bits per heavy atom. The Hall–Kier alpha value is -1.35. The van der Waals surface area contributed by atoms with Gasteiger partial charge in [-0.15, -0.1) is 13.2 Å². The second-order valence-corrected chi connectivity index (χ2v) is 2.37. The SMILES string of the molecule is C=C.C=C/C(=C\C)CCNC(=O)CN. The first-order valence-electron chi connectivity index (χ1n) is 4.49. The average Bonchev–Trinajstić information content (AvgIpc) is 2.27. The van der Waals surface area contributed by atoms with E-state index < -0.39 is 0 Å². The molecule has 0 rings (SSSR count). The molecule has 80 valence electrons. The molecule has 0 saturated heterocycles. The standard InChI is InChI=1S/C9H16N2O.C2H4/c1-3-8(4-2)5-6-11-9(12)7-10;1-2/h3-4H,1,5-7,10H2,2H3,(H,11,12);1-2H2/b8-4+;. The average molecular weight is 196 g/mol. The van der Waals surface area contributed by atoms with Crippen molar-refractivity contribution in [3.8, 4) is 0 Å². The number of hydrogen-bond donors (Lipinski definition) is 2. The number of carbonyl (C=O) groups excluding carboxylic acids is 1. The normalized spacial score (nSPS) is 9.71. The van der Waals surface area contributed by atoms with Gasteiger partial charge in [0, 0.05) is 6.54 Å². The molecule has 0 bridgehead atoms. The zero-order chi connectivity index (χ0) is 11.4. The highest BCUT2D eigenvalue weighted by molar-refractivity contribution is 5.77. The Labute approximate surface area is 86.4 Å². The summed E-state index contributed by atoms with van der Waals surface area (Å²) >= 11 is 0. The maximum atomic E-state index is 10.7. The van der Waals surface area contributed by atoms with E-state index >= 15 is 0 Å². The molecular weight excluding hydrogens is 176 g/mol. The lowest BCUT2D eigenvalue weighted by molar-refractivity contribution is -0.119. The molecule has 3 nitrogen and oxygen atoms in total. The molecule has 14 heavy (non-hydrogen) atoms. The fourth-order valence-electron chi connectivity index (χ4n) is 0.783. The summed E-state index contributed by atoms with van der Waals surface area (Å²) in [5, 5.41) is 2.68. The van der Waals surface area contributed by atoms with Gasteiger partial charge in [0.1, 0.15) is 0 Å². The molecule has 0 atom stereocenters. The van der Waals surface area contributed by atoms with Crippen LogP contribution in [0.15, 0.2) is 37.5 Å². The Bertz CT molecular complexity index is 197. The Morgan fingerprint density at radius 3 is 2.43 bits per heavy atom. The van der Waals surface area contributed by atoms with Gasteiger partial charge in [-0.1, -0.05) is 24.3 Å². The second kappa shape index (κ2) is 11.6. The Balaban J connectivity index is 0. The highest BCUT2D eigenvalue weighted by Gasteiger charge is 1.95. The van der Waals surface area contributed by atoms with E-state index in [9.17, 15) is 4.79 Å². The van der Waals surface area contributed by atoms with E-state index in [1.807, 2.05) is 13.0 Å². The largest absolute Gasteiger partial charge is 0.355 e. The molecule has 0 spiro atoms. The van der Waals surface area contributed by atoms with Crippen LogP contribution in [0, 0.1) is 0 Å². The summed E-state index contributed by atoms with van der Waals surface area (Å²) in [6.45, 7) is 12.3. The van der Waals surface area contributed by atoms with Gasteiger partial charge in [-0.2, -0.15) is 0 Å². The second-order valence-electron chi connectivity index (χ2n) is 2.37. The van der Waals surface area contributed by atoms with E-state index in [0.717, 1.165) is 12.0 Å². The van der Waals surface area contributed by atoms with Crippen LogP contribution in [0.2, 0.25) is 0 Å². The third-order valence-corrected chi connectivity index (χ3v) is 1.55. The minimum Gasteiger partial charge on any atom is -0.355 e. The lowest BCUT2D eigenvalue weighted by Gasteiger charge is -2.03. The molecule has 0 fully saturated rings. The van der Waals surface area contributed by atoms with Crippen molar-refractivity contribution >= 4 is 5.91 Å². The smallest absolute Gasteiger partial charge is 0.233 e. The fourth-order valence-corrected chi connectivity index (χ4v) is 0.783. The molecule has 0 radical (unpaired) electrons. The van der Waals surface area contributed by atoms with E-state index in [1.165, 1.54) is 0 Å². The van der Waals surface area contributed by atoms with Crippen molar-refractivity contribution in [3.05, 3.63) is 37.5 Å². The number of hydrogen-bond acceptors (Lipinski definition) is 2. The first-order valence-corrected chi connectivity index (χ1v) is 4.49. The molecule has 0 unspecified atom stereocenters. The third kappa shape index (κ3) is 8.74. The van der Waals surface area contributed by atoms with Gasteiger partial charge in [-0.25, -0.2) is 0 Å². The van der Waals surface area contributed by atoms with Crippen molar-refractivity contribution in [1.82, 2.24) is 5.32 Å². The number of amides is 1. The van der Waals surface area contributed by atoms with Gasteiger partial charge in [-0.05, 0) is 13.3 Å². The number of rotatable bonds is 5. The summed E-state index contributed by atoms with van der Waals surface area (Å²) in [4.78, 5) is 10.7. The Morgan fingerprint density at radius 2 is 2.07 bits per heavy atom. The van der Waals surface area contributed by atoms with Crippen LogP contribution >= 0.6 is 0 Å². The molecule has 0 saturated carbocycles. The zero-order valence-corrected chi connectivity index (χ0v) is 8.88. The van der Waals surface area contributed by atoms with Crippen LogP contribution in [-0.4, -0.2) is 19.0 Å². The molecular formula is C11H20N2O. The maximum Gasteiger partial charge on any atom is 0.233 e. The highest BCUT2D eigenvalue weighted by atomic mass is 16.1. The molecule has 0 aliphatic rings. The number of carbonyl (C=O) groups is 1. The van der Waals surface area contributed by atoms with Gasteiger partial charge in [0.05, 0.1) is 6.54 Å². The van der Waals surface area contributed by atoms with Gasteiger partial charge >= 0.3 is 0 Å². The van der Waals surface area contributed by atoms with Crippen molar-refractivity contribution < 1.29 is 4.79 Å². The van der Waals surface area contributed by atoms with E-state index in [-0.39, 0.29) is 12.5 Å². The molecule has 0 aromatic heterocycles. The fraction of sp³-hybridized carbons (Fsp3) is 0.364. The van der Waals surface area contributed by atoms with Gasteiger partial charge in [0.2, 0.25) is 5.91 Å². The third-order valence-electron chi connectivity index (χ3n) is 1.55. The van der Waals surface area contributed by atoms with Crippen LogP contribution in [0.1, 0.15) is 13.3 Å². The number of nitrogens with two attached hydrogens (primary N) is 1. The summed E-state index contributed by atoms with van der Waals surface area (Å²) in [6.07, 6.45) is 4.57. The number of allylic oxidation sites excluding steroid dienone is 2. The maximum absolute atomic E-state index is 10.7. The zero-order valence-electron chi connectivity index (χ0n) is 8.88. The van der Waals surface area contributed by atoms with E-state index in [1.54, 1.807) is 6.08 Å². The molecule has 0 aromatic rings. The van der Waals surface area contributed by atoms with E-state index in [4.69, 9.17) is 5.73 Å². The quantitative estimate of drug-likeness (QED) is 0.515. The minimum absolute atomic E-state index is 0.0548. The van der Waals surface area contributed by atoms with Crippen molar-refractivity contribution in [2.24, 2.45) is 5.73 Å². The number of nitrogens with one attached hydrogen (secondary N) is 1. The topological polar surface area (TPSA) is 55.1 Å². The molecule has 3 heteroatoms.